The molecule has 0 bridgehead atoms. The van der Waals surface area contributed by atoms with E-state index in [9.17, 15) is 0 Å². The summed E-state index contributed by atoms with van der Waals surface area (Å²) in [4.78, 5) is 2.33. The third kappa shape index (κ3) is 2.65. The highest BCUT2D eigenvalue weighted by Gasteiger charge is 2.22. The van der Waals surface area contributed by atoms with E-state index in [4.69, 9.17) is 16.3 Å². The highest BCUT2D eigenvalue weighted by molar-refractivity contribution is 7.12. The van der Waals surface area contributed by atoms with Gasteiger partial charge in [-0.15, -0.1) is 22.7 Å². The van der Waals surface area contributed by atoms with Gasteiger partial charge in [0.1, 0.15) is 5.75 Å². The van der Waals surface area contributed by atoms with Gasteiger partial charge < -0.3 is 10.1 Å². The zero-order chi connectivity index (χ0) is 12.3. The number of nitrogens with one attached hydrogen (secondary N) is 1. The predicted molar refractivity (Wildman–Crippen MR) is 75.7 cm³/mol. The molecule has 1 unspecified atom stereocenters. The van der Waals surface area contributed by atoms with Crippen LogP contribution in [0.5, 0.6) is 5.75 Å². The van der Waals surface area contributed by atoms with Gasteiger partial charge >= 0.3 is 0 Å². The quantitative estimate of drug-likeness (QED) is 0.891. The number of methoxy groups -OCH3 is 1. The van der Waals surface area contributed by atoms with Crippen LogP contribution in [0.15, 0.2) is 22.9 Å². The largest absolute Gasteiger partial charge is 0.496 e. The van der Waals surface area contributed by atoms with Crippen LogP contribution in [-0.4, -0.2) is 13.7 Å². The van der Waals surface area contributed by atoms with Gasteiger partial charge in [0.2, 0.25) is 0 Å². The minimum absolute atomic E-state index is 0.127. The summed E-state index contributed by atoms with van der Waals surface area (Å²) in [5, 5.41) is 8.33. The molecule has 17 heavy (non-hydrogen) atoms. The standard InChI is InChI=1S/C12H14ClNOS2/c1-3-14-10(11-8(13)4-6-16-11)12-9(15-2)5-7-17-12/h4-7,10,14H,3H2,1-2H3. The molecule has 2 heterocycles. The van der Waals surface area contributed by atoms with Crippen LogP contribution in [0.2, 0.25) is 5.02 Å². The molecule has 2 nitrogen and oxygen atoms in total. The first-order valence-corrected chi connectivity index (χ1v) is 7.49. The smallest absolute Gasteiger partial charge is 0.134 e. The molecule has 0 aliphatic rings. The summed E-state index contributed by atoms with van der Waals surface area (Å²) in [5.41, 5.74) is 0. The van der Waals surface area contributed by atoms with Gasteiger partial charge in [0, 0.05) is 4.88 Å². The molecular formula is C12H14ClNOS2. The van der Waals surface area contributed by atoms with E-state index in [1.165, 1.54) is 4.88 Å². The lowest BCUT2D eigenvalue weighted by atomic mass is 10.2. The molecule has 1 N–H and O–H groups in total. The lowest BCUT2D eigenvalue weighted by Crippen LogP contribution is -2.20. The molecule has 0 aliphatic heterocycles. The molecular weight excluding hydrogens is 274 g/mol. The van der Waals surface area contributed by atoms with Gasteiger partial charge in [-0.3, -0.25) is 0 Å². The van der Waals surface area contributed by atoms with Crippen molar-refractivity contribution >= 4 is 34.3 Å². The zero-order valence-corrected chi connectivity index (χ0v) is 12.1. The summed E-state index contributed by atoms with van der Waals surface area (Å²) in [6, 6.07) is 4.06. The Hall–Kier alpha value is -0.550. The predicted octanol–water partition coefficient (Wildman–Crippen LogP) is 4.17. The number of hydrogen-bond donors (Lipinski definition) is 1. The van der Waals surface area contributed by atoms with Crippen molar-refractivity contribution in [1.82, 2.24) is 5.32 Å². The van der Waals surface area contributed by atoms with Crippen molar-refractivity contribution in [2.45, 2.75) is 13.0 Å². The molecule has 0 amide bonds. The van der Waals surface area contributed by atoms with Crippen molar-refractivity contribution in [2.75, 3.05) is 13.7 Å². The molecule has 2 aromatic rings. The van der Waals surface area contributed by atoms with Crippen LogP contribution in [0.3, 0.4) is 0 Å². The van der Waals surface area contributed by atoms with Crippen LogP contribution in [-0.2, 0) is 0 Å². The maximum Gasteiger partial charge on any atom is 0.134 e. The Morgan fingerprint density at radius 2 is 2.00 bits per heavy atom. The Kier molecular flexibility index (Phi) is 4.45. The second kappa shape index (κ2) is 5.87. The minimum Gasteiger partial charge on any atom is -0.496 e. The van der Waals surface area contributed by atoms with E-state index >= 15 is 0 Å². The molecule has 1 atom stereocenters. The van der Waals surface area contributed by atoms with Gasteiger partial charge in [-0.2, -0.15) is 0 Å². The van der Waals surface area contributed by atoms with Gasteiger partial charge in [0.25, 0.3) is 0 Å². The second-order valence-electron chi connectivity index (χ2n) is 3.48. The van der Waals surface area contributed by atoms with Gasteiger partial charge in [-0.05, 0) is 29.4 Å². The Balaban J connectivity index is 2.39. The number of ether oxygens (including phenoxy) is 1. The highest BCUT2D eigenvalue weighted by atomic mass is 35.5. The van der Waals surface area contributed by atoms with E-state index in [1.54, 1.807) is 29.8 Å². The maximum absolute atomic E-state index is 6.22. The normalized spacial score (nSPS) is 12.6. The van der Waals surface area contributed by atoms with E-state index in [1.807, 2.05) is 22.9 Å². The fourth-order valence-electron chi connectivity index (χ4n) is 1.71. The third-order valence-electron chi connectivity index (χ3n) is 2.45. The molecule has 0 fully saturated rings. The monoisotopic (exact) mass is 287 g/mol. The van der Waals surface area contributed by atoms with Gasteiger partial charge in [-0.1, -0.05) is 18.5 Å². The summed E-state index contributed by atoms with van der Waals surface area (Å²) >= 11 is 9.58. The Bertz CT molecular complexity index is 480. The summed E-state index contributed by atoms with van der Waals surface area (Å²) in [7, 11) is 1.70. The van der Waals surface area contributed by atoms with Gasteiger partial charge in [0.05, 0.1) is 23.1 Å². The van der Waals surface area contributed by atoms with Crippen LogP contribution >= 0.6 is 34.3 Å². The van der Waals surface area contributed by atoms with E-state index < -0.39 is 0 Å². The second-order valence-corrected chi connectivity index (χ2v) is 5.78. The van der Waals surface area contributed by atoms with Crippen LogP contribution in [0.4, 0.5) is 0 Å². The highest BCUT2D eigenvalue weighted by Crippen LogP contribution is 2.39. The molecule has 92 valence electrons. The van der Waals surface area contributed by atoms with Crippen molar-refractivity contribution in [1.29, 1.82) is 0 Å². The lowest BCUT2D eigenvalue weighted by molar-refractivity contribution is 0.408. The van der Waals surface area contributed by atoms with Crippen molar-refractivity contribution in [3.8, 4) is 5.75 Å². The van der Waals surface area contributed by atoms with Crippen molar-refractivity contribution in [3.05, 3.63) is 37.7 Å². The molecule has 5 heteroatoms. The molecule has 0 spiro atoms. The Morgan fingerprint density at radius 1 is 1.29 bits per heavy atom. The Morgan fingerprint density at radius 3 is 2.59 bits per heavy atom. The molecule has 0 radical (unpaired) electrons. The third-order valence-corrected chi connectivity index (χ3v) is 4.84. The maximum atomic E-state index is 6.22. The summed E-state index contributed by atoms with van der Waals surface area (Å²) < 4.78 is 5.38. The summed E-state index contributed by atoms with van der Waals surface area (Å²) in [6.07, 6.45) is 0. The van der Waals surface area contributed by atoms with E-state index in [-0.39, 0.29) is 6.04 Å². The number of thiophene rings is 2. The number of hydrogen-bond acceptors (Lipinski definition) is 4. The molecule has 0 aliphatic carbocycles. The van der Waals surface area contributed by atoms with Crippen molar-refractivity contribution in [2.24, 2.45) is 0 Å². The number of rotatable bonds is 5. The SMILES string of the molecule is CCNC(c1sccc1Cl)c1sccc1OC. The Labute approximate surface area is 114 Å². The van der Waals surface area contributed by atoms with E-state index in [0.717, 1.165) is 22.2 Å². The van der Waals surface area contributed by atoms with Crippen LogP contribution in [0.1, 0.15) is 22.7 Å². The first kappa shape index (κ1) is 12.9. The average molecular weight is 288 g/mol. The molecule has 2 rings (SSSR count). The first-order chi connectivity index (χ1) is 8.27. The van der Waals surface area contributed by atoms with Crippen LogP contribution < -0.4 is 10.1 Å². The first-order valence-electron chi connectivity index (χ1n) is 5.35. The average Bonchev–Trinajstić information content (AvgIpc) is 2.94. The number of halogens is 1. The molecule has 2 aromatic heterocycles. The van der Waals surface area contributed by atoms with Crippen LogP contribution in [0.25, 0.3) is 0 Å². The zero-order valence-electron chi connectivity index (χ0n) is 9.70. The van der Waals surface area contributed by atoms with Crippen molar-refractivity contribution < 1.29 is 4.74 Å². The fourth-order valence-corrected chi connectivity index (χ4v) is 3.97. The van der Waals surface area contributed by atoms with Crippen molar-refractivity contribution in [3.63, 3.8) is 0 Å². The summed E-state index contributed by atoms with van der Waals surface area (Å²) in [6.45, 7) is 2.98. The topological polar surface area (TPSA) is 21.3 Å². The van der Waals surface area contributed by atoms with Gasteiger partial charge in [0.15, 0.2) is 0 Å². The van der Waals surface area contributed by atoms with E-state index in [0.29, 0.717) is 0 Å². The van der Waals surface area contributed by atoms with E-state index in [2.05, 4.69) is 12.2 Å². The van der Waals surface area contributed by atoms with Gasteiger partial charge in [-0.25, -0.2) is 0 Å². The molecule has 0 aromatic carbocycles. The van der Waals surface area contributed by atoms with Crippen LogP contribution in [0, 0.1) is 0 Å². The summed E-state index contributed by atoms with van der Waals surface area (Å²) in [5.74, 6) is 0.922. The minimum atomic E-state index is 0.127. The fraction of sp³-hybridized carbons (Fsp3) is 0.333. The molecule has 0 saturated carbocycles. The lowest BCUT2D eigenvalue weighted by Gasteiger charge is -2.17. The molecule has 0 saturated heterocycles.